The first-order valence-corrected chi connectivity index (χ1v) is 4.29. The van der Waals surface area contributed by atoms with Crippen molar-refractivity contribution in [1.82, 2.24) is 5.32 Å². The van der Waals surface area contributed by atoms with Gasteiger partial charge in [-0.15, -0.1) is 0 Å². The molecule has 2 amide bonds. The zero-order valence-electron chi connectivity index (χ0n) is 8.42. The van der Waals surface area contributed by atoms with E-state index in [2.05, 4.69) is 16.9 Å². The Labute approximate surface area is 78.9 Å². The van der Waals surface area contributed by atoms with Crippen molar-refractivity contribution in [1.29, 1.82) is 0 Å². The molecule has 4 nitrogen and oxygen atoms in total. The molecule has 0 aromatic rings. The van der Waals surface area contributed by atoms with Crippen LogP contribution in [0.1, 0.15) is 20.8 Å². The summed E-state index contributed by atoms with van der Waals surface area (Å²) in [6, 6.07) is -0.602. The number of amides is 2. The molecule has 0 aliphatic rings. The molecule has 0 aromatic carbocycles. The molecule has 0 aliphatic carbocycles. The summed E-state index contributed by atoms with van der Waals surface area (Å²) in [4.78, 5) is 14.8. The molecule has 0 atom stereocenters. The van der Waals surface area contributed by atoms with Crippen molar-refractivity contribution in [3.05, 3.63) is 12.3 Å². The van der Waals surface area contributed by atoms with Crippen LogP contribution in [-0.2, 0) is 0 Å². The second kappa shape index (κ2) is 5.35. The molecule has 0 heterocycles. The number of aliphatic imine (C=N–C) groups is 1. The monoisotopic (exact) mass is 183 g/mol. The van der Waals surface area contributed by atoms with Crippen LogP contribution in [-0.4, -0.2) is 18.3 Å². The van der Waals surface area contributed by atoms with Crippen molar-refractivity contribution in [3.8, 4) is 0 Å². The summed E-state index contributed by atoms with van der Waals surface area (Å²) in [5, 5.41) is 2.42. The molecule has 74 valence electrons. The first kappa shape index (κ1) is 11.7. The number of urea groups is 1. The van der Waals surface area contributed by atoms with E-state index in [9.17, 15) is 4.79 Å². The maximum Gasteiger partial charge on any atom is 0.316 e. The number of carbonyl (C=O) groups excluding carboxylic acids is 1. The number of nitrogens with zero attached hydrogens (tertiary/aromatic N) is 1. The summed E-state index contributed by atoms with van der Waals surface area (Å²) in [7, 11) is 0. The fraction of sp³-hybridized carbons (Fsp3) is 0.556. The number of rotatable bonds is 4. The summed E-state index contributed by atoms with van der Waals surface area (Å²) >= 11 is 0. The number of hydrogen-bond donors (Lipinski definition) is 2. The highest BCUT2D eigenvalue weighted by atomic mass is 16.2. The van der Waals surface area contributed by atoms with Crippen molar-refractivity contribution in [2.75, 3.05) is 6.54 Å². The van der Waals surface area contributed by atoms with Gasteiger partial charge >= 0.3 is 6.03 Å². The number of primary amides is 1. The maximum atomic E-state index is 10.5. The zero-order chi connectivity index (χ0) is 10.4. The third kappa shape index (κ3) is 4.30. The van der Waals surface area contributed by atoms with E-state index in [0.29, 0.717) is 12.2 Å². The highest BCUT2D eigenvalue weighted by Crippen LogP contribution is 2.04. The van der Waals surface area contributed by atoms with Crippen LogP contribution in [0.4, 0.5) is 4.79 Å². The fourth-order valence-electron chi connectivity index (χ4n) is 1.01. The minimum Gasteiger partial charge on any atom is -0.351 e. The molecule has 0 unspecified atom stereocenters. The lowest BCUT2D eigenvalue weighted by atomic mass is 10.1. The van der Waals surface area contributed by atoms with E-state index in [1.807, 2.05) is 20.8 Å². The van der Waals surface area contributed by atoms with Gasteiger partial charge in [0.05, 0.1) is 11.4 Å². The average Bonchev–Trinajstić information content (AvgIpc) is 1.97. The number of hydrogen-bond acceptors (Lipinski definition) is 2. The fourth-order valence-corrected chi connectivity index (χ4v) is 1.01. The van der Waals surface area contributed by atoms with Gasteiger partial charge in [0.2, 0.25) is 0 Å². The second-order valence-corrected chi connectivity index (χ2v) is 2.98. The molecule has 0 spiro atoms. The molecule has 0 bridgehead atoms. The Kier molecular flexibility index (Phi) is 4.80. The normalized spacial score (nSPS) is 11.5. The number of carbonyl (C=O) groups is 1. The van der Waals surface area contributed by atoms with Gasteiger partial charge in [0.15, 0.2) is 0 Å². The Balaban J connectivity index is 4.48. The van der Waals surface area contributed by atoms with Crippen molar-refractivity contribution in [3.63, 3.8) is 0 Å². The molecule has 13 heavy (non-hydrogen) atoms. The van der Waals surface area contributed by atoms with E-state index in [0.717, 1.165) is 5.71 Å². The first-order chi connectivity index (χ1) is 5.99. The van der Waals surface area contributed by atoms with E-state index in [-0.39, 0.29) is 5.92 Å². The quantitative estimate of drug-likeness (QED) is 0.633. The van der Waals surface area contributed by atoms with Gasteiger partial charge in [-0.1, -0.05) is 20.4 Å². The molecular weight excluding hydrogens is 166 g/mol. The molecule has 0 saturated heterocycles. The summed E-state index contributed by atoms with van der Waals surface area (Å²) in [5.74, 6) is 0.235. The predicted octanol–water partition coefficient (Wildman–Crippen LogP) is 1.29. The molecule has 3 N–H and O–H groups in total. The van der Waals surface area contributed by atoms with Crippen LogP contribution in [0.15, 0.2) is 17.3 Å². The zero-order valence-corrected chi connectivity index (χ0v) is 8.42. The third-order valence-corrected chi connectivity index (χ3v) is 1.46. The molecule has 0 aliphatic heterocycles. The lowest BCUT2D eigenvalue weighted by Crippen LogP contribution is -2.33. The van der Waals surface area contributed by atoms with Crippen molar-refractivity contribution >= 4 is 11.7 Å². The van der Waals surface area contributed by atoms with Gasteiger partial charge < -0.3 is 11.1 Å². The van der Waals surface area contributed by atoms with E-state index >= 15 is 0 Å². The Morgan fingerprint density at radius 3 is 2.46 bits per heavy atom. The van der Waals surface area contributed by atoms with Gasteiger partial charge in [-0.25, -0.2) is 4.79 Å². The van der Waals surface area contributed by atoms with Gasteiger partial charge in [0, 0.05) is 6.54 Å². The average molecular weight is 183 g/mol. The van der Waals surface area contributed by atoms with Crippen molar-refractivity contribution < 1.29 is 4.79 Å². The molecular formula is C9H17N3O. The first-order valence-electron chi connectivity index (χ1n) is 4.29. The highest BCUT2D eigenvalue weighted by Gasteiger charge is 2.09. The van der Waals surface area contributed by atoms with Crippen LogP contribution >= 0.6 is 0 Å². The highest BCUT2D eigenvalue weighted by molar-refractivity contribution is 6.03. The van der Waals surface area contributed by atoms with Crippen LogP contribution in [0.5, 0.6) is 0 Å². The molecule has 0 radical (unpaired) electrons. The van der Waals surface area contributed by atoms with Gasteiger partial charge in [-0.3, -0.25) is 4.99 Å². The van der Waals surface area contributed by atoms with E-state index in [1.165, 1.54) is 0 Å². The Morgan fingerprint density at radius 2 is 2.15 bits per heavy atom. The van der Waals surface area contributed by atoms with Gasteiger partial charge in [-0.2, -0.15) is 0 Å². The van der Waals surface area contributed by atoms with E-state index in [1.54, 1.807) is 0 Å². The van der Waals surface area contributed by atoms with Gasteiger partial charge in [0.1, 0.15) is 0 Å². The molecule has 0 aromatic heterocycles. The summed E-state index contributed by atoms with van der Waals surface area (Å²) in [5.41, 5.74) is 6.24. The van der Waals surface area contributed by atoms with Gasteiger partial charge in [0.25, 0.3) is 0 Å². The van der Waals surface area contributed by atoms with Crippen LogP contribution in [0.25, 0.3) is 0 Å². The lowest BCUT2D eigenvalue weighted by molar-refractivity contribution is 0.251. The van der Waals surface area contributed by atoms with Crippen molar-refractivity contribution in [2.24, 2.45) is 16.6 Å². The predicted molar refractivity (Wildman–Crippen MR) is 54.7 cm³/mol. The largest absolute Gasteiger partial charge is 0.351 e. The third-order valence-electron chi connectivity index (χ3n) is 1.46. The van der Waals surface area contributed by atoms with E-state index in [4.69, 9.17) is 5.73 Å². The molecule has 4 heteroatoms. The standard InChI is InChI=1S/C9H17N3O/c1-5-11-8(6(2)3)7(4)12-9(10)13/h6H,4-5H2,1-3H3,(H3,10,12,13)/b11-8-. The smallest absolute Gasteiger partial charge is 0.316 e. The van der Waals surface area contributed by atoms with Crippen molar-refractivity contribution in [2.45, 2.75) is 20.8 Å². The number of allylic oxidation sites excluding steroid dienone is 1. The molecule has 0 saturated carbocycles. The number of nitrogens with one attached hydrogen (secondary N) is 1. The van der Waals surface area contributed by atoms with Crippen LogP contribution in [0, 0.1) is 5.92 Å². The Morgan fingerprint density at radius 1 is 1.62 bits per heavy atom. The lowest BCUT2D eigenvalue weighted by Gasteiger charge is -2.12. The van der Waals surface area contributed by atoms with E-state index < -0.39 is 6.03 Å². The summed E-state index contributed by atoms with van der Waals surface area (Å²) in [6.07, 6.45) is 0. The molecule has 0 rings (SSSR count). The summed E-state index contributed by atoms with van der Waals surface area (Å²) < 4.78 is 0. The Bertz CT molecular complexity index is 231. The van der Waals surface area contributed by atoms with Crippen LogP contribution in [0.2, 0.25) is 0 Å². The topological polar surface area (TPSA) is 67.5 Å². The minimum atomic E-state index is -0.602. The second-order valence-electron chi connectivity index (χ2n) is 2.98. The van der Waals surface area contributed by atoms with Gasteiger partial charge in [-0.05, 0) is 12.8 Å². The van der Waals surface area contributed by atoms with Crippen LogP contribution in [0.3, 0.4) is 0 Å². The Hall–Kier alpha value is -1.32. The number of nitrogens with two attached hydrogens (primary N) is 1. The van der Waals surface area contributed by atoms with Crippen LogP contribution < -0.4 is 11.1 Å². The SMILES string of the molecule is C=C(NC(N)=O)/C(=N\CC)C(C)C. The molecule has 0 fully saturated rings. The minimum absolute atomic E-state index is 0.235. The maximum absolute atomic E-state index is 10.5. The summed E-state index contributed by atoms with van der Waals surface area (Å²) in [6.45, 7) is 10.3.